The molecule has 4 rings (SSSR count). The van der Waals surface area contributed by atoms with Crippen LogP contribution in [0.4, 0.5) is 0 Å². The molecule has 0 aliphatic rings. The molecule has 2 nitrogen and oxygen atoms in total. The zero-order valence-electron chi connectivity index (χ0n) is 14.2. The van der Waals surface area contributed by atoms with Crippen LogP contribution in [0.2, 0.25) is 6.32 Å². The molecule has 0 amide bonds. The quantitative estimate of drug-likeness (QED) is 0.421. The molecule has 0 bridgehead atoms. The van der Waals surface area contributed by atoms with E-state index in [0.717, 1.165) is 17.8 Å². The van der Waals surface area contributed by atoms with Crippen molar-refractivity contribution in [1.82, 2.24) is 0 Å². The number of hydrogen-bond donors (Lipinski definition) is 0. The first-order valence-electron chi connectivity index (χ1n) is 8.63. The lowest BCUT2D eigenvalue weighted by molar-refractivity contribution is 0.424. The summed E-state index contributed by atoms with van der Waals surface area (Å²) >= 11 is 0. The molecule has 0 saturated carbocycles. The minimum Gasteiger partial charge on any atom is -0.526 e. The molecule has 0 atom stereocenters. The number of hydrogen-bond acceptors (Lipinski definition) is 2. The lowest BCUT2D eigenvalue weighted by Gasteiger charge is -2.16. The Morgan fingerprint density at radius 2 is 1.04 bits per heavy atom. The van der Waals surface area contributed by atoms with Crippen LogP contribution in [0.5, 0.6) is 11.5 Å². The van der Waals surface area contributed by atoms with Crippen molar-refractivity contribution in [1.29, 1.82) is 0 Å². The average molecular weight is 326 g/mol. The molecular formula is C22H19BO2. The number of fused-ring (bicyclic) bond motifs is 2. The maximum absolute atomic E-state index is 6.07. The summed E-state index contributed by atoms with van der Waals surface area (Å²) in [6, 6.07) is 28.8. The summed E-state index contributed by atoms with van der Waals surface area (Å²) < 4.78 is 12.1. The van der Waals surface area contributed by atoms with Gasteiger partial charge in [-0.25, -0.2) is 0 Å². The Labute approximate surface area is 148 Å². The van der Waals surface area contributed by atoms with Crippen molar-refractivity contribution in [2.45, 2.75) is 13.2 Å². The summed E-state index contributed by atoms with van der Waals surface area (Å²) in [4.78, 5) is 0. The van der Waals surface area contributed by atoms with E-state index in [2.05, 4.69) is 55.5 Å². The highest BCUT2D eigenvalue weighted by atomic mass is 16.6. The Balaban J connectivity index is 1.54. The highest BCUT2D eigenvalue weighted by Crippen LogP contribution is 2.24. The van der Waals surface area contributed by atoms with E-state index in [0.29, 0.717) is 0 Å². The summed E-state index contributed by atoms with van der Waals surface area (Å²) in [5.74, 6) is 1.65. The van der Waals surface area contributed by atoms with Crippen LogP contribution in [0.15, 0.2) is 84.9 Å². The molecular weight excluding hydrogens is 307 g/mol. The first-order valence-corrected chi connectivity index (χ1v) is 8.63. The largest absolute Gasteiger partial charge is 0.594 e. The van der Waals surface area contributed by atoms with E-state index in [-0.39, 0.29) is 7.12 Å². The fourth-order valence-electron chi connectivity index (χ4n) is 2.98. The van der Waals surface area contributed by atoms with E-state index >= 15 is 0 Å². The van der Waals surface area contributed by atoms with Gasteiger partial charge in [0.1, 0.15) is 11.5 Å². The molecule has 122 valence electrons. The third kappa shape index (κ3) is 3.46. The predicted molar refractivity (Wildman–Crippen MR) is 105 cm³/mol. The minimum absolute atomic E-state index is 0.317. The zero-order valence-corrected chi connectivity index (χ0v) is 14.2. The molecule has 0 radical (unpaired) electrons. The summed E-state index contributed by atoms with van der Waals surface area (Å²) in [6.07, 6.45) is 0.764. The van der Waals surface area contributed by atoms with E-state index in [1.165, 1.54) is 21.5 Å². The predicted octanol–water partition coefficient (Wildman–Crippen LogP) is 5.96. The smallest absolute Gasteiger partial charge is 0.526 e. The second-order valence-corrected chi connectivity index (χ2v) is 6.09. The second kappa shape index (κ2) is 6.90. The third-order valence-electron chi connectivity index (χ3n) is 4.31. The number of rotatable bonds is 5. The highest BCUT2D eigenvalue weighted by molar-refractivity contribution is 6.46. The van der Waals surface area contributed by atoms with Crippen molar-refractivity contribution >= 4 is 28.7 Å². The molecule has 0 saturated heterocycles. The van der Waals surface area contributed by atoms with Gasteiger partial charge in [-0.1, -0.05) is 67.6 Å². The minimum atomic E-state index is -0.317. The third-order valence-corrected chi connectivity index (χ3v) is 4.31. The van der Waals surface area contributed by atoms with Gasteiger partial charge in [0.2, 0.25) is 0 Å². The van der Waals surface area contributed by atoms with Gasteiger partial charge in [-0.2, -0.15) is 0 Å². The Kier molecular flexibility index (Phi) is 4.30. The van der Waals surface area contributed by atoms with Crippen LogP contribution in [-0.4, -0.2) is 7.12 Å². The molecule has 4 aromatic rings. The summed E-state index contributed by atoms with van der Waals surface area (Å²) in [7, 11) is -0.317. The van der Waals surface area contributed by atoms with Crippen LogP contribution in [0.1, 0.15) is 6.92 Å². The van der Waals surface area contributed by atoms with Gasteiger partial charge in [-0.05, 0) is 45.8 Å². The van der Waals surface area contributed by atoms with Gasteiger partial charge >= 0.3 is 7.12 Å². The molecule has 0 N–H and O–H groups in total. The van der Waals surface area contributed by atoms with Gasteiger partial charge in [-0.15, -0.1) is 0 Å². The van der Waals surface area contributed by atoms with Gasteiger partial charge in [0.25, 0.3) is 0 Å². The topological polar surface area (TPSA) is 18.5 Å². The van der Waals surface area contributed by atoms with Gasteiger partial charge in [-0.3, -0.25) is 0 Å². The van der Waals surface area contributed by atoms with Crippen LogP contribution < -0.4 is 9.31 Å². The van der Waals surface area contributed by atoms with Crippen LogP contribution >= 0.6 is 0 Å². The first kappa shape index (κ1) is 15.6. The van der Waals surface area contributed by atoms with Crippen molar-refractivity contribution in [3.8, 4) is 11.5 Å². The van der Waals surface area contributed by atoms with Crippen molar-refractivity contribution in [3.05, 3.63) is 84.9 Å². The Morgan fingerprint density at radius 3 is 1.48 bits per heavy atom. The molecule has 0 unspecified atom stereocenters. The highest BCUT2D eigenvalue weighted by Gasteiger charge is 2.20. The Bertz CT molecular complexity index is 931. The van der Waals surface area contributed by atoms with Crippen LogP contribution in [0.3, 0.4) is 0 Å². The average Bonchev–Trinajstić information content (AvgIpc) is 2.67. The molecule has 0 aromatic heterocycles. The summed E-state index contributed by atoms with van der Waals surface area (Å²) in [6.45, 7) is 2.06. The molecule has 0 aliphatic carbocycles. The first-order chi connectivity index (χ1) is 12.3. The van der Waals surface area contributed by atoms with Gasteiger partial charge < -0.3 is 9.31 Å². The Hall–Kier alpha value is -2.94. The van der Waals surface area contributed by atoms with Crippen LogP contribution in [-0.2, 0) is 0 Å². The van der Waals surface area contributed by atoms with E-state index in [1.54, 1.807) is 0 Å². The van der Waals surface area contributed by atoms with E-state index in [4.69, 9.17) is 9.31 Å². The molecule has 3 heteroatoms. The van der Waals surface area contributed by atoms with Crippen molar-refractivity contribution in [3.63, 3.8) is 0 Å². The summed E-state index contributed by atoms with van der Waals surface area (Å²) in [5.41, 5.74) is 0. The maximum atomic E-state index is 6.07. The standard InChI is InChI=1S/C22H19BO2/c1-2-23(24-21-13-11-17-7-3-5-9-19(17)15-21)25-22-14-12-18-8-4-6-10-20(18)16-22/h3-16H,2H2,1H3. The van der Waals surface area contributed by atoms with Crippen LogP contribution in [0, 0.1) is 0 Å². The van der Waals surface area contributed by atoms with Crippen molar-refractivity contribution in [2.75, 3.05) is 0 Å². The fraction of sp³-hybridized carbons (Fsp3) is 0.0909. The van der Waals surface area contributed by atoms with E-state index in [1.807, 2.05) is 36.4 Å². The SMILES string of the molecule is CCB(Oc1ccc2ccccc2c1)Oc1ccc2ccccc2c1. The lowest BCUT2D eigenvalue weighted by atomic mass is 9.85. The van der Waals surface area contributed by atoms with Gasteiger partial charge in [0.05, 0.1) is 0 Å². The Morgan fingerprint density at radius 1 is 0.600 bits per heavy atom. The molecule has 0 heterocycles. The normalized spacial score (nSPS) is 10.8. The molecule has 0 fully saturated rings. The monoisotopic (exact) mass is 326 g/mol. The van der Waals surface area contributed by atoms with E-state index < -0.39 is 0 Å². The lowest BCUT2D eigenvalue weighted by Crippen LogP contribution is -2.28. The number of benzene rings is 4. The fourth-order valence-corrected chi connectivity index (χ4v) is 2.98. The van der Waals surface area contributed by atoms with Gasteiger partial charge in [0, 0.05) is 6.32 Å². The molecule has 0 aliphatic heterocycles. The van der Waals surface area contributed by atoms with Crippen molar-refractivity contribution in [2.24, 2.45) is 0 Å². The molecule has 4 aromatic carbocycles. The van der Waals surface area contributed by atoms with Crippen LogP contribution in [0.25, 0.3) is 21.5 Å². The second-order valence-electron chi connectivity index (χ2n) is 6.09. The van der Waals surface area contributed by atoms with E-state index in [9.17, 15) is 0 Å². The van der Waals surface area contributed by atoms with Gasteiger partial charge in [0.15, 0.2) is 0 Å². The zero-order chi connectivity index (χ0) is 17.1. The molecule has 0 spiro atoms. The summed E-state index contributed by atoms with van der Waals surface area (Å²) in [5, 5.41) is 4.75. The maximum Gasteiger partial charge on any atom is 0.594 e. The van der Waals surface area contributed by atoms with Crippen molar-refractivity contribution < 1.29 is 9.31 Å². The molecule has 25 heavy (non-hydrogen) atoms.